The minimum atomic E-state index is 0.563. The zero-order chi connectivity index (χ0) is 11.5. The summed E-state index contributed by atoms with van der Waals surface area (Å²) in [7, 11) is 0. The molecule has 1 unspecified atom stereocenters. The molecule has 0 bridgehead atoms. The lowest BCUT2D eigenvalue weighted by atomic mass is 9.99. The predicted octanol–water partition coefficient (Wildman–Crippen LogP) is 5.20. The van der Waals surface area contributed by atoms with Crippen molar-refractivity contribution < 1.29 is 0 Å². The molecule has 88 valence electrons. The van der Waals surface area contributed by atoms with Gasteiger partial charge in [-0.25, -0.2) is 0 Å². The Balaban J connectivity index is 2.04. The van der Waals surface area contributed by atoms with Gasteiger partial charge in [-0.1, -0.05) is 28.8 Å². The van der Waals surface area contributed by atoms with Gasteiger partial charge in [-0.15, -0.1) is 0 Å². The molecule has 1 atom stereocenters. The van der Waals surface area contributed by atoms with Crippen molar-refractivity contribution in [2.45, 2.75) is 38.6 Å². The van der Waals surface area contributed by atoms with Crippen LogP contribution in [0.3, 0.4) is 0 Å². The Morgan fingerprint density at radius 1 is 1.25 bits per heavy atom. The summed E-state index contributed by atoms with van der Waals surface area (Å²) >= 11 is 7.09. The van der Waals surface area contributed by atoms with Crippen LogP contribution in [0.15, 0.2) is 27.1 Å². The molecule has 0 spiro atoms. The Bertz CT molecular complexity index is 359. The van der Waals surface area contributed by atoms with Gasteiger partial charge in [0.05, 0.1) is 0 Å². The van der Waals surface area contributed by atoms with E-state index in [0.29, 0.717) is 6.04 Å². The van der Waals surface area contributed by atoms with Crippen LogP contribution in [0, 0.1) is 5.92 Å². The number of benzene rings is 1. The molecule has 0 aliphatic heterocycles. The number of hydrogen-bond donors (Lipinski definition) is 1. The molecular formula is C13H17Br2N. The average Bonchev–Trinajstić information content (AvgIpc) is 2.76. The molecule has 1 fully saturated rings. The predicted molar refractivity (Wildman–Crippen MR) is 76.9 cm³/mol. The van der Waals surface area contributed by atoms with Crippen molar-refractivity contribution in [3.05, 3.63) is 27.1 Å². The van der Waals surface area contributed by atoms with Crippen molar-refractivity contribution in [1.29, 1.82) is 0 Å². The second kappa shape index (κ2) is 5.54. The lowest BCUT2D eigenvalue weighted by Gasteiger charge is -2.22. The van der Waals surface area contributed by atoms with Gasteiger partial charge in [-0.2, -0.15) is 0 Å². The smallest absolute Gasteiger partial charge is 0.0498 e. The minimum absolute atomic E-state index is 0.563. The third kappa shape index (κ3) is 3.01. The quantitative estimate of drug-likeness (QED) is 0.792. The van der Waals surface area contributed by atoms with Crippen LogP contribution in [0.25, 0.3) is 0 Å². The Kier molecular flexibility index (Phi) is 4.31. The molecule has 0 aromatic heterocycles. The second-order valence-electron chi connectivity index (χ2n) is 4.60. The van der Waals surface area contributed by atoms with E-state index in [0.717, 1.165) is 14.9 Å². The second-order valence-corrected chi connectivity index (χ2v) is 6.37. The number of hydrogen-bond acceptors (Lipinski definition) is 1. The van der Waals surface area contributed by atoms with Crippen molar-refractivity contribution >= 4 is 37.5 Å². The minimum Gasteiger partial charge on any atom is -0.381 e. The van der Waals surface area contributed by atoms with Gasteiger partial charge in [0.15, 0.2) is 0 Å². The summed E-state index contributed by atoms with van der Waals surface area (Å²) in [5, 5.41) is 3.62. The van der Waals surface area contributed by atoms with Crippen LogP contribution in [-0.2, 0) is 0 Å². The standard InChI is InChI=1S/C13H17Br2N/c1-9(10-4-2-3-5-10)16-13-8-11(14)6-7-12(13)15/h6-10,16H,2-5H2,1H3. The summed E-state index contributed by atoms with van der Waals surface area (Å²) in [5.41, 5.74) is 1.19. The van der Waals surface area contributed by atoms with Crippen molar-refractivity contribution in [1.82, 2.24) is 0 Å². The summed E-state index contributed by atoms with van der Waals surface area (Å²) in [4.78, 5) is 0. The molecule has 1 aliphatic rings. The molecule has 0 amide bonds. The molecule has 1 nitrogen and oxygen atoms in total. The Hall–Kier alpha value is -0.0200. The number of anilines is 1. The first-order valence-electron chi connectivity index (χ1n) is 5.88. The highest BCUT2D eigenvalue weighted by Crippen LogP contribution is 2.32. The third-order valence-corrected chi connectivity index (χ3v) is 4.60. The van der Waals surface area contributed by atoms with E-state index in [4.69, 9.17) is 0 Å². The lowest BCUT2D eigenvalue weighted by Crippen LogP contribution is -2.23. The molecule has 2 rings (SSSR count). The zero-order valence-corrected chi connectivity index (χ0v) is 12.6. The Morgan fingerprint density at radius 2 is 1.94 bits per heavy atom. The van der Waals surface area contributed by atoms with Crippen LogP contribution in [0.2, 0.25) is 0 Å². The largest absolute Gasteiger partial charge is 0.381 e. The first kappa shape index (κ1) is 12.4. The Labute approximate surface area is 114 Å². The van der Waals surface area contributed by atoms with E-state index in [2.05, 4.69) is 62.3 Å². The first-order valence-corrected chi connectivity index (χ1v) is 7.47. The summed E-state index contributed by atoms with van der Waals surface area (Å²) in [6, 6.07) is 6.83. The summed E-state index contributed by atoms with van der Waals surface area (Å²) in [6.45, 7) is 2.29. The molecule has 1 aromatic carbocycles. The van der Waals surface area contributed by atoms with Crippen LogP contribution >= 0.6 is 31.9 Å². The van der Waals surface area contributed by atoms with E-state index in [9.17, 15) is 0 Å². The average molecular weight is 347 g/mol. The van der Waals surface area contributed by atoms with Crippen LogP contribution in [0.5, 0.6) is 0 Å². The fourth-order valence-electron chi connectivity index (χ4n) is 2.43. The molecule has 0 heterocycles. The normalized spacial score (nSPS) is 18.7. The van der Waals surface area contributed by atoms with Crippen LogP contribution in [0.1, 0.15) is 32.6 Å². The van der Waals surface area contributed by atoms with Gasteiger partial charge in [0, 0.05) is 20.7 Å². The van der Waals surface area contributed by atoms with E-state index < -0.39 is 0 Å². The number of halogens is 2. The molecule has 0 radical (unpaired) electrons. The van der Waals surface area contributed by atoms with Crippen molar-refractivity contribution in [2.75, 3.05) is 5.32 Å². The van der Waals surface area contributed by atoms with Crippen molar-refractivity contribution in [3.8, 4) is 0 Å². The molecule has 1 aliphatic carbocycles. The molecule has 0 saturated heterocycles. The van der Waals surface area contributed by atoms with Gasteiger partial charge >= 0.3 is 0 Å². The molecule has 1 N–H and O–H groups in total. The SMILES string of the molecule is CC(Nc1cc(Br)ccc1Br)C1CCCC1. The fraction of sp³-hybridized carbons (Fsp3) is 0.538. The highest BCUT2D eigenvalue weighted by Gasteiger charge is 2.21. The maximum Gasteiger partial charge on any atom is 0.0498 e. The summed E-state index contributed by atoms with van der Waals surface area (Å²) < 4.78 is 2.26. The fourth-order valence-corrected chi connectivity index (χ4v) is 3.15. The van der Waals surface area contributed by atoms with Crippen LogP contribution < -0.4 is 5.32 Å². The van der Waals surface area contributed by atoms with Gasteiger partial charge in [0.1, 0.15) is 0 Å². The summed E-state index contributed by atoms with van der Waals surface area (Å²) in [6.07, 6.45) is 5.55. The van der Waals surface area contributed by atoms with Crippen LogP contribution in [0.4, 0.5) is 5.69 Å². The van der Waals surface area contributed by atoms with Gasteiger partial charge in [0.2, 0.25) is 0 Å². The topological polar surface area (TPSA) is 12.0 Å². The maximum absolute atomic E-state index is 3.62. The maximum atomic E-state index is 3.62. The monoisotopic (exact) mass is 345 g/mol. The van der Waals surface area contributed by atoms with Gasteiger partial charge in [0.25, 0.3) is 0 Å². The Morgan fingerprint density at radius 3 is 2.62 bits per heavy atom. The number of rotatable bonds is 3. The van der Waals surface area contributed by atoms with E-state index >= 15 is 0 Å². The molecule has 1 saturated carbocycles. The van der Waals surface area contributed by atoms with E-state index in [-0.39, 0.29) is 0 Å². The molecule has 1 aromatic rings. The van der Waals surface area contributed by atoms with E-state index in [1.54, 1.807) is 0 Å². The summed E-state index contributed by atoms with van der Waals surface area (Å²) in [5.74, 6) is 0.839. The highest BCUT2D eigenvalue weighted by atomic mass is 79.9. The first-order chi connectivity index (χ1) is 7.66. The van der Waals surface area contributed by atoms with E-state index in [1.165, 1.54) is 31.4 Å². The van der Waals surface area contributed by atoms with Crippen LogP contribution in [-0.4, -0.2) is 6.04 Å². The molecule has 3 heteroatoms. The van der Waals surface area contributed by atoms with Crippen molar-refractivity contribution in [2.24, 2.45) is 5.92 Å². The molecular weight excluding hydrogens is 330 g/mol. The number of nitrogens with one attached hydrogen (secondary N) is 1. The molecule has 16 heavy (non-hydrogen) atoms. The van der Waals surface area contributed by atoms with Gasteiger partial charge in [-0.3, -0.25) is 0 Å². The third-order valence-electron chi connectivity index (χ3n) is 3.42. The van der Waals surface area contributed by atoms with Crippen molar-refractivity contribution in [3.63, 3.8) is 0 Å². The van der Waals surface area contributed by atoms with E-state index in [1.807, 2.05) is 0 Å². The van der Waals surface area contributed by atoms with Gasteiger partial charge < -0.3 is 5.32 Å². The lowest BCUT2D eigenvalue weighted by molar-refractivity contribution is 0.482. The zero-order valence-electron chi connectivity index (χ0n) is 9.47. The van der Waals surface area contributed by atoms with Gasteiger partial charge in [-0.05, 0) is 59.8 Å². The highest BCUT2D eigenvalue weighted by molar-refractivity contribution is 9.11.